The third-order valence-electron chi connectivity index (χ3n) is 4.86. The van der Waals surface area contributed by atoms with Crippen LogP contribution in [0.15, 0.2) is 88.6 Å². The summed E-state index contributed by atoms with van der Waals surface area (Å²) in [5.74, 6) is -0.484. The molecule has 2 aromatic heterocycles. The average molecular weight is 397 g/mol. The molecule has 7 nitrogen and oxygen atoms in total. The van der Waals surface area contributed by atoms with Gasteiger partial charge in [-0.3, -0.25) is 0 Å². The Kier molecular flexibility index (Phi) is 4.33. The van der Waals surface area contributed by atoms with E-state index < -0.39 is 11.6 Å². The van der Waals surface area contributed by atoms with Crippen molar-refractivity contribution in [2.45, 2.75) is 6.61 Å². The molecule has 5 rings (SSSR count). The van der Waals surface area contributed by atoms with Crippen LogP contribution in [0.5, 0.6) is 0 Å². The predicted molar refractivity (Wildman–Crippen MR) is 110 cm³/mol. The van der Waals surface area contributed by atoms with Crippen molar-refractivity contribution in [1.82, 2.24) is 14.8 Å². The normalized spacial score (nSPS) is 11.1. The molecule has 7 heteroatoms. The maximum absolute atomic E-state index is 12.5. The number of fused-ring (bicyclic) bond motifs is 3. The summed E-state index contributed by atoms with van der Waals surface area (Å²) in [6.07, 6.45) is 3.01. The summed E-state index contributed by atoms with van der Waals surface area (Å²) in [6.45, 7) is -0.0419. The molecule has 2 heterocycles. The molecule has 0 N–H and O–H groups in total. The summed E-state index contributed by atoms with van der Waals surface area (Å²) in [5, 5.41) is 6.76. The predicted octanol–water partition coefficient (Wildman–Crippen LogP) is 3.88. The summed E-state index contributed by atoms with van der Waals surface area (Å²) in [6, 6.07) is 19.6. The number of aromatic nitrogens is 3. The minimum absolute atomic E-state index is 0.0419. The quantitative estimate of drug-likeness (QED) is 0.260. The first kappa shape index (κ1) is 17.8. The van der Waals surface area contributed by atoms with E-state index in [1.54, 1.807) is 41.3 Å². The van der Waals surface area contributed by atoms with E-state index in [0.717, 1.165) is 21.8 Å². The number of ether oxygens (including phenoxy) is 1. The fraction of sp³-hybridized carbons (Fsp3) is 0.0435. The monoisotopic (exact) mass is 397 g/mol. The van der Waals surface area contributed by atoms with Gasteiger partial charge in [0.05, 0.1) is 11.3 Å². The molecule has 30 heavy (non-hydrogen) atoms. The van der Waals surface area contributed by atoms with Crippen molar-refractivity contribution < 1.29 is 13.9 Å². The van der Waals surface area contributed by atoms with Crippen LogP contribution in [0.25, 0.3) is 27.4 Å². The Balaban J connectivity index is 1.44. The molecule has 0 spiro atoms. The van der Waals surface area contributed by atoms with Crippen LogP contribution in [0.4, 0.5) is 0 Å². The topological polar surface area (TPSA) is 87.2 Å². The first-order chi connectivity index (χ1) is 14.7. The molecule has 0 amide bonds. The molecule has 0 aliphatic rings. The molecule has 0 saturated heterocycles. The Morgan fingerprint density at radius 3 is 2.67 bits per heavy atom. The Morgan fingerprint density at radius 2 is 1.87 bits per heavy atom. The van der Waals surface area contributed by atoms with Gasteiger partial charge in [-0.25, -0.2) is 19.3 Å². The Bertz CT molecular complexity index is 1420. The van der Waals surface area contributed by atoms with Gasteiger partial charge in [-0.15, -0.1) is 0 Å². The van der Waals surface area contributed by atoms with E-state index in [1.165, 1.54) is 12.4 Å². The van der Waals surface area contributed by atoms with E-state index in [2.05, 4.69) is 10.1 Å². The lowest BCUT2D eigenvalue weighted by Gasteiger charge is -2.10. The second-order valence-electron chi connectivity index (χ2n) is 6.71. The molecule has 3 aromatic carbocycles. The second-order valence-corrected chi connectivity index (χ2v) is 6.71. The van der Waals surface area contributed by atoms with Crippen LogP contribution in [0.2, 0.25) is 0 Å². The summed E-state index contributed by atoms with van der Waals surface area (Å²) < 4.78 is 12.4. The molecule has 0 fully saturated rings. The van der Waals surface area contributed by atoms with Gasteiger partial charge >= 0.3 is 11.6 Å². The van der Waals surface area contributed by atoms with Crippen LogP contribution in [-0.4, -0.2) is 20.7 Å². The summed E-state index contributed by atoms with van der Waals surface area (Å²) in [7, 11) is 0. The van der Waals surface area contributed by atoms with Crippen LogP contribution >= 0.6 is 0 Å². The molecular weight excluding hydrogens is 382 g/mol. The lowest BCUT2D eigenvalue weighted by atomic mass is 10.0. The van der Waals surface area contributed by atoms with Gasteiger partial charge < -0.3 is 9.15 Å². The first-order valence-corrected chi connectivity index (χ1v) is 9.26. The van der Waals surface area contributed by atoms with E-state index in [0.29, 0.717) is 16.7 Å². The van der Waals surface area contributed by atoms with E-state index in [4.69, 9.17) is 9.15 Å². The third kappa shape index (κ3) is 3.22. The van der Waals surface area contributed by atoms with Gasteiger partial charge in [0.1, 0.15) is 24.8 Å². The summed E-state index contributed by atoms with van der Waals surface area (Å²) in [5.41, 5.74) is 1.76. The van der Waals surface area contributed by atoms with Gasteiger partial charge in [-0.2, -0.15) is 5.10 Å². The lowest BCUT2D eigenvalue weighted by Crippen LogP contribution is -2.08. The zero-order chi connectivity index (χ0) is 20.5. The van der Waals surface area contributed by atoms with Crippen molar-refractivity contribution in [3.63, 3.8) is 0 Å². The van der Waals surface area contributed by atoms with E-state index >= 15 is 0 Å². The van der Waals surface area contributed by atoms with Gasteiger partial charge in [0.15, 0.2) is 0 Å². The maximum atomic E-state index is 12.5. The van der Waals surface area contributed by atoms with E-state index in [1.807, 2.05) is 30.3 Å². The number of esters is 1. The number of hydrogen-bond acceptors (Lipinski definition) is 6. The smallest absolute Gasteiger partial charge is 0.338 e. The van der Waals surface area contributed by atoms with Crippen molar-refractivity contribution in [2.24, 2.45) is 0 Å². The minimum Gasteiger partial charge on any atom is -0.457 e. The third-order valence-corrected chi connectivity index (χ3v) is 4.86. The highest BCUT2D eigenvalue weighted by atomic mass is 16.5. The standard InChI is InChI=1S/C23H15N3O4/c27-21-11-17(22-19-4-2-1-3-15(19)7-10-20(22)30-21)12-29-23(28)16-5-8-18(9-6-16)26-14-24-13-25-26/h1-11,13-14H,12H2. The van der Waals surface area contributed by atoms with Gasteiger partial charge in [-0.1, -0.05) is 30.3 Å². The van der Waals surface area contributed by atoms with Crippen molar-refractivity contribution in [3.8, 4) is 5.69 Å². The molecule has 0 aliphatic carbocycles. The molecule has 0 aliphatic heterocycles. The molecule has 0 atom stereocenters. The van der Waals surface area contributed by atoms with Gasteiger partial charge in [0.2, 0.25) is 0 Å². The molecule has 0 radical (unpaired) electrons. The molecule has 5 aromatic rings. The number of carbonyl (C=O) groups excluding carboxylic acids is 1. The highest BCUT2D eigenvalue weighted by Gasteiger charge is 2.13. The molecule has 0 unspecified atom stereocenters. The average Bonchev–Trinajstić information content (AvgIpc) is 3.32. The number of benzene rings is 3. The van der Waals surface area contributed by atoms with E-state index in [9.17, 15) is 9.59 Å². The highest BCUT2D eigenvalue weighted by Crippen LogP contribution is 2.28. The van der Waals surface area contributed by atoms with Crippen LogP contribution in [0.3, 0.4) is 0 Å². The zero-order valence-electron chi connectivity index (χ0n) is 15.7. The van der Waals surface area contributed by atoms with Gasteiger partial charge in [0, 0.05) is 17.0 Å². The Hall–Kier alpha value is -4.26. The zero-order valence-corrected chi connectivity index (χ0v) is 15.7. The Morgan fingerprint density at radius 1 is 1.03 bits per heavy atom. The number of rotatable bonds is 4. The first-order valence-electron chi connectivity index (χ1n) is 9.26. The van der Waals surface area contributed by atoms with Crippen LogP contribution < -0.4 is 5.63 Å². The largest absolute Gasteiger partial charge is 0.457 e. The van der Waals surface area contributed by atoms with Crippen molar-refractivity contribution in [1.29, 1.82) is 0 Å². The lowest BCUT2D eigenvalue weighted by molar-refractivity contribution is 0.0474. The number of hydrogen-bond donors (Lipinski definition) is 0. The molecule has 146 valence electrons. The van der Waals surface area contributed by atoms with Gasteiger partial charge in [-0.05, 0) is 41.1 Å². The fourth-order valence-electron chi connectivity index (χ4n) is 3.45. The molecule has 0 bridgehead atoms. The van der Waals surface area contributed by atoms with Crippen LogP contribution in [0, 0.1) is 0 Å². The van der Waals surface area contributed by atoms with Crippen molar-refractivity contribution in [2.75, 3.05) is 0 Å². The van der Waals surface area contributed by atoms with Gasteiger partial charge in [0.25, 0.3) is 0 Å². The van der Waals surface area contributed by atoms with Crippen LogP contribution in [0.1, 0.15) is 15.9 Å². The highest BCUT2D eigenvalue weighted by molar-refractivity contribution is 6.07. The SMILES string of the molecule is O=C(OCc1cc(=O)oc2ccc3ccccc3c12)c1ccc(-n2cncn2)cc1. The number of carbonyl (C=O) groups is 1. The fourth-order valence-corrected chi connectivity index (χ4v) is 3.45. The maximum Gasteiger partial charge on any atom is 0.338 e. The number of nitrogens with zero attached hydrogens (tertiary/aromatic N) is 3. The minimum atomic E-state index is -0.485. The Labute approximate surface area is 170 Å². The van der Waals surface area contributed by atoms with Crippen molar-refractivity contribution >= 4 is 27.7 Å². The van der Waals surface area contributed by atoms with Crippen LogP contribution in [-0.2, 0) is 11.3 Å². The van der Waals surface area contributed by atoms with E-state index in [-0.39, 0.29) is 6.61 Å². The summed E-state index contributed by atoms with van der Waals surface area (Å²) >= 11 is 0. The molecular formula is C23H15N3O4. The van der Waals surface area contributed by atoms with Crippen molar-refractivity contribution in [3.05, 3.63) is 101 Å². The second kappa shape index (κ2) is 7.29. The summed E-state index contributed by atoms with van der Waals surface area (Å²) in [4.78, 5) is 28.4. The molecule has 0 saturated carbocycles.